The number of nitrogens with two attached hydrogens (primary N) is 3. The molecular formula is C70H85ClN10O17S2. The summed E-state index contributed by atoms with van der Waals surface area (Å²) in [6, 6.07) is 46.4. The number of hydroxylamine groups is 2. The molecule has 8 rings (SSSR count). The lowest BCUT2D eigenvalue weighted by Gasteiger charge is -2.31. The fourth-order valence-corrected chi connectivity index (χ4v) is 12.0. The predicted octanol–water partition coefficient (Wildman–Crippen LogP) is 5.79. The third-order valence-corrected chi connectivity index (χ3v) is 18.5. The van der Waals surface area contributed by atoms with E-state index in [2.05, 4.69) is 25.9 Å². The number of nitrogens with zero attached hydrogens (tertiary/aromatic N) is 4. The number of aliphatic carboxylic acids is 1. The monoisotopic (exact) mass is 1440 g/mol. The van der Waals surface area contributed by atoms with Gasteiger partial charge in [0.2, 0.25) is 17.7 Å². The van der Waals surface area contributed by atoms with Gasteiger partial charge in [0.25, 0.3) is 31.9 Å². The van der Waals surface area contributed by atoms with Crippen molar-refractivity contribution in [3.63, 3.8) is 0 Å². The average molecular weight is 1440 g/mol. The predicted molar refractivity (Wildman–Crippen MR) is 376 cm³/mol. The third kappa shape index (κ3) is 24.4. The number of pyridine rings is 2. The lowest BCUT2D eigenvalue weighted by Crippen LogP contribution is -2.56. The van der Waals surface area contributed by atoms with Crippen LogP contribution in [0.3, 0.4) is 0 Å². The topological polar surface area (TPSA) is 415 Å². The molecule has 5 amide bonds. The normalized spacial score (nSPS) is 13.8. The number of methoxy groups -OCH3 is 2. The number of carboxylic acids is 1. The summed E-state index contributed by atoms with van der Waals surface area (Å²) in [5.41, 5.74) is 19.5. The van der Waals surface area contributed by atoms with Crippen LogP contribution in [0.4, 0.5) is 0 Å². The van der Waals surface area contributed by atoms with Gasteiger partial charge in [-0.1, -0.05) is 132 Å². The number of carboxylic acid groups (broad SMARTS) is 1. The van der Waals surface area contributed by atoms with Crippen LogP contribution in [0.1, 0.15) is 85.5 Å². The molecule has 0 fully saturated rings. The van der Waals surface area contributed by atoms with Gasteiger partial charge in [0.1, 0.15) is 35.0 Å². The zero-order chi connectivity index (χ0) is 72.4. The van der Waals surface area contributed by atoms with E-state index in [9.17, 15) is 55.8 Å². The quantitative estimate of drug-likeness (QED) is 0.0220. The van der Waals surface area contributed by atoms with E-state index in [0.717, 1.165) is 26.4 Å². The van der Waals surface area contributed by atoms with Gasteiger partial charge in [-0.25, -0.2) is 31.6 Å². The van der Waals surface area contributed by atoms with Gasteiger partial charge in [0, 0.05) is 16.8 Å². The minimum atomic E-state index is -4.30. The van der Waals surface area contributed by atoms with Crippen LogP contribution in [0.5, 0.6) is 11.5 Å². The summed E-state index contributed by atoms with van der Waals surface area (Å²) >= 11 is 0. The van der Waals surface area contributed by atoms with Crippen LogP contribution in [-0.4, -0.2) is 162 Å². The number of carbonyl (C=O) groups excluding carboxylic acids is 5. The zero-order valence-electron chi connectivity index (χ0n) is 55.9. The molecular weight excluding hydrogens is 1350 g/mol. The van der Waals surface area contributed by atoms with E-state index in [1.807, 2.05) is 68.4 Å². The van der Waals surface area contributed by atoms with E-state index in [0.29, 0.717) is 46.3 Å². The van der Waals surface area contributed by atoms with Crippen LogP contribution in [0, 0.1) is 0 Å². The summed E-state index contributed by atoms with van der Waals surface area (Å²) < 4.78 is 65.5. The highest BCUT2D eigenvalue weighted by atomic mass is 35.5. The molecule has 2 heterocycles. The third-order valence-electron chi connectivity index (χ3n) is 15.3. The summed E-state index contributed by atoms with van der Waals surface area (Å²) in [4.78, 5) is 92.6. The number of hydrogen-bond acceptors (Lipinski definition) is 19. The molecule has 8 atom stereocenters. The highest BCUT2D eigenvalue weighted by Crippen LogP contribution is 2.25. The lowest BCUT2D eigenvalue weighted by atomic mass is 10.00. The smallest absolute Gasteiger partial charge is 0.326 e. The van der Waals surface area contributed by atoms with Crippen molar-refractivity contribution in [3.05, 3.63) is 205 Å². The number of aliphatic hydroxyl groups excluding tert-OH is 2. The van der Waals surface area contributed by atoms with Crippen molar-refractivity contribution in [1.82, 2.24) is 34.9 Å². The Labute approximate surface area is 586 Å². The zero-order valence-corrected chi connectivity index (χ0v) is 58.3. The largest absolute Gasteiger partial charge is 0.497 e. The van der Waals surface area contributed by atoms with E-state index in [1.54, 1.807) is 92.7 Å². The number of amides is 5. The second kappa shape index (κ2) is 39.3. The molecule has 0 aliphatic carbocycles. The summed E-state index contributed by atoms with van der Waals surface area (Å²) in [5, 5.41) is 40.3. The number of fused-ring (bicyclic) bond motifs is 2. The number of rotatable bonds is 33. The van der Waals surface area contributed by atoms with Gasteiger partial charge < -0.3 is 57.9 Å². The molecule has 0 spiro atoms. The molecule has 12 N–H and O–H groups in total. The van der Waals surface area contributed by atoms with E-state index >= 15 is 0 Å². The van der Waals surface area contributed by atoms with Crippen molar-refractivity contribution in [2.75, 3.05) is 27.3 Å². The minimum absolute atomic E-state index is 0. The van der Waals surface area contributed by atoms with Gasteiger partial charge in [0.15, 0.2) is 0 Å². The average Bonchev–Trinajstić information content (AvgIpc) is 0.814. The minimum Gasteiger partial charge on any atom is -0.497 e. The Morgan fingerprint density at radius 2 is 0.890 bits per heavy atom. The standard InChI is InChI=1S/C35H41N5O8S.C21H30N2O5S.C14H13N3O4.ClH/c1-4-23(2)48-40(49(45,46)27-17-15-26(47-3)16-18-27)22-32(41)30(20-24-10-6-5-7-11-24)38-35(44)31(21-33(36)42)39-34(43)29-19-14-25-12-8-9-13-28(25)37-29;1-4-16(2)28-23(29(25,26)19-12-10-18(27-3)11-13-19)15-21(24)20(22)14-17-8-6-5-7-9-17;15-12(18)7-11(14(20)21)17-13(19)10-6-5-8-3-1-2-4-9(8)16-10;/h5-19,23,30-32,41H,4,20-22H2,1-3H3,(H2,36,42)(H,38,44)(H,39,43);5-13,16,20-21,24H,4,14-15,22H2,1-3H3;1-6,11H,7H2,(H2,15,18)(H,17,19)(H,20,21);1H/t23?,30-,31-,32+;16?,20-,21+;11-;/m000./s1. The Bertz CT molecular complexity index is 4210. The Balaban J connectivity index is 0.000000298. The van der Waals surface area contributed by atoms with E-state index in [-0.39, 0.29) is 52.7 Å². The van der Waals surface area contributed by atoms with E-state index in [4.69, 9.17) is 41.5 Å². The first-order chi connectivity index (χ1) is 47.1. The molecule has 2 aromatic heterocycles. The van der Waals surface area contributed by atoms with Crippen LogP contribution in [0.15, 0.2) is 192 Å². The first kappa shape index (κ1) is 81.1. The molecule has 8 aromatic rings. The Hall–Kier alpha value is -9.53. The second-order valence-electron chi connectivity index (χ2n) is 22.8. The van der Waals surface area contributed by atoms with Gasteiger partial charge in [-0.3, -0.25) is 33.6 Å². The maximum absolute atomic E-state index is 13.7. The summed E-state index contributed by atoms with van der Waals surface area (Å²) in [6.07, 6.45) is -2.97. The molecule has 0 aliphatic rings. The first-order valence-electron chi connectivity index (χ1n) is 31.5. The Morgan fingerprint density at radius 1 is 0.510 bits per heavy atom. The molecule has 0 saturated heterocycles. The van der Waals surface area contributed by atoms with Crippen LogP contribution < -0.4 is 42.6 Å². The number of para-hydroxylation sites is 2. The van der Waals surface area contributed by atoms with E-state index in [1.165, 1.54) is 62.8 Å². The Kier molecular flexibility index (Phi) is 31.9. The molecule has 6 aromatic carbocycles. The number of hydrogen-bond donors (Lipinski definition) is 9. The molecule has 0 saturated carbocycles. The van der Waals surface area contributed by atoms with Crippen molar-refractivity contribution in [1.29, 1.82) is 0 Å². The number of aromatic nitrogens is 2. The highest BCUT2D eigenvalue weighted by Gasteiger charge is 2.36. The van der Waals surface area contributed by atoms with Crippen molar-refractivity contribution in [2.45, 2.75) is 125 Å². The molecule has 30 heteroatoms. The highest BCUT2D eigenvalue weighted by molar-refractivity contribution is 7.89. The van der Waals surface area contributed by atoms with Crippen LogP contribution in [0.2, 0.25) is 0 Å². The molecule has 2 unspecified atom stereocenters. The maximum atomic E-state index is 13.7. The molecule has 100 heavy (non-hydrogen) atoms. The molecule has 27 nitrogen and oxygen atoms in total. The van der Waals surface area contributed by atoms with Gasteiger partial charge in [0.05, 0.1) is 91.4 Å². The number of carbonyl (C=O) groups is 6. The van der Waals surface area contributed by atoms with Gasteiger partial charge in [-0.2, -0.15) is 0 Å². The summed E-state index contributed by atoms with van der Waals surface area (Å²) in [5.74, 6) is -4.21. The maximum Gasteiger partial charge on any atom is 0.326 e. The number of primary amides is 2. The number of halogens is 1. The van der Waals surface area contributed by atoms with E-state index < -0.39 is 117 Å². The number of aliphatic hydroxyl groups is 2. The summed E-state index contributed by atoms with van der Waals surface area (Å²) in [6.45, 7) is 6.33. The number of benzene rings is 6. The van der Waals surface area contributed by atoms with Crippen molar-refractivity contribution >= 4 is 89.8 Å². The second-order valence-corrected chi connectivity index (χ2v) is 26.4. The fraction of sp³-hybridized carbons (Fsp3) is 0.314. The van der Waals surface area contributed by atoms with Crippen molar-refractivity contribution < 1.29 is 80.1 Å². The first-order valence-corrected chi connectivity index (χ1v) is 34.3. The van der Waals surface area contributed by atoms with Gasteiger partial charge in [-0.15, -0.1) is 12.4 Å². The van der Waals surface area contributed by atoms with Crippen molar-refractivity contribution in [3.8, 4) is 11.5 Å². The van der Waals surface area contributed by atoms with Gasteiger partial charge in [-0.05, 0) is 123 Å². The van der Waals surface area contributed by atoms with Crippen LogP contribution in [-0.2, 0) is 61.7 Å². The number of sulfonamides is 2. The molecule has 536 valence electrons. The lowest BCUT2D eigenvalue weighted by molar-refractivity contribution is -0.144. The fourth-order valence-electron chi connectivity index (χ4n) is 9.36. The number of nitrogens with one attached hydrogen (secondary N) is 3. The molecule has 0 aliphatic heterocycles. The van der Waals surface area contributed by atoms with Crippen LogP contribution >= 0.6 is 12.4 Å². The number of ether oxygens (including phenoxy) is 2. The van der Waals surface area contributed by atoms with Crippen molar-refractivity contribution in [2.24, 2.45) is 17.2 Å². The Morgan fingerprint density at radius 3 is 1.29 bits per heavy atom. The van der Waals surface area contributed by atoms with Gasteiger partial charge >= 0.3 is 5.97 Å². The SMILES string of the molecule is CCC(C)ON(C[C@@H](O)[C@@H](N)Cc1ccccc1)S(=O)(=O)c1ccc(OC)cc1.CCC(C)ON(C[C@@H](O)[C@H](Cc1ccccc1)NC(=O)[C@H](CC(N)=O)NC(=O)c1ccc2ccccc2n1)S(=O)(=O)c1ccc(OC)cc1.Cl.NC(=O)C[C@H](NC(=O)c1ccc2ccccc2n1)C(=O)O. The summed E-state index contributed by atoms with van der Waals surface area (Å²) in [7, 11) is -5.33. The van der Waals surface area contributed by atoms with Crippen LogP contribution in [0.25, 0.3) is 21.8 Å². The molecule has 0 radical (unpaired) electrons. The molecule has 0 bridgehead atoms.